The van der Waals surface area contributed by atoms with E-state index in [4.69, 9.17) is 5.73 Å². The molecule has 0 aliphatic heterocycles. The first-order valence-corrected chi connectivity index (χ1v) is 4.10. The molecule has 0 saturated carbocycles. The summed E-state index contributed by atoms with van der Waals surface area (Å²) < 4.78 is 0. The maximum absolute atomic E-state index is 5.69. The highest BCUT2D eigenvalue weighted by Gasteiger charge is 1.99. The summed E-state index contributed by atoms with van der Waals surface area (Å²) in [6.07, 6.45) is 6.55. The van der Waals surface area contributed by atoms with Gasteiger partial charge in [0.25, 0.3) is 0 Å². The molecule has 0 saturated heterocycles. The van der Waals surface area contributed by atoms with Gasteiger partial charge < -0.3 is 11.1 Å². The Balaban J connectivity index is 2.24. The lowest BCUT2D eigenvalue weighted by Gasteiger charge is -2.05. The van der Waals surface area contributed by atoms with Gasteiger partial charge in [0.05, 0.1) is 17.6 Å². The Hall–Kier alpha value is -2.17. The van der Waals surface area contributed by atoms with Crippen LogP contribution in [0.5, 0.6) is 0 Å². The third-order valence-corrected chi connectivity index (χ3v) is 1.66. The third kappa shape index (κ3) is 1.77. The molecule has 0 amide bonds. The first-order valence-electron chi connectivity index (χ1n) is 4.10. The van der Waals surface area contributed by atoms with Crippen LogP contribution in [-0.2, 0) is 0 Å². The molecule has 70 valence electrons. The van der Waals surface area contributed by atoms with Crippen LogP contribution in [0.3, 0.4) is 0 Å². The monoisotopic (exact) mass is 187 g/mol. The Morgan fingerprint density at radius 2 is 1.93 bits per heavy atom. The molecule has 0 fully saturated rings. The van der Waals surface area contributed by atoms with E-state index in [1.54, 1.807) is 36.9 Å². The first-order chi connectivity index (χ1) is 6.86. The molecule has 2 aromatic heterocycles. The molecule has 0 bridgehead atoms. The summed E-state index contributed by atoms with van der Waals surface area (Å²) in [6.45, 7) is 0. The Morgan fingerprint density at radius 1 is 1.14 bits per heavy atom. The van der Waals surface area contributed by atoms with E-state index in [-0.39, 0.29) is 0 Å². The van der Waals surface area contributed by atoms with Crippen LogP contribution in [-0.4, -0.2) is 15.0 Å². The zero-order valence-corrected chi connectivity index (χ0v) is 7.38. The van der Waals surface area contributed by atoms with Crippen LogP contribution >= 0.6 is 0 Å². The lowest BCUT2D eigenvalue weighted by Crippen LogP contribution is -1.99. The molecule has 3 N–H and O–H groups in total. The molecule has 0 atom stereocenters. The van der Waals surface area contributed by atoms with Crippen LogP contribution in [0.15, 0.2) is 36.9 Å². The van der Waals surface area contributed by atoms with E-state index in [2.05, 4.69) is 20.3 Å². The van der Waals surface area contributed by atoms with Gasteiger partial charge in [-0.25, -0.2) is 9.97 Å². The minimum absolute atomic E-state index is 0.519. The predicted octanol–water partition coefficient (Wildman–Crippen LogP) is 1.20. The standard InChI is InChI=1S/C9H9N5/c10-7-6-11-5-2-8(7)14-9-12-3-1-4-13-9/h1-6H,10H2,(H,11,12,13,14). The Kier molecular flexibility index (Phi) is 2.22. The Bertz CT molecular complexity index is 415. The topological polar surface area (TPSA) is 76.7 Å². The van der Waals surface area contributed by atoms with Crippen molar-refractivity contribution in [1.29, 1.82) is 0 Å². The summed E-state index contributed by atoms with van der Waals surface area (Å²) in [7, 11) is 0. The van der Waals surface area contributed by atoms with Crippen molar-refractivity contribution >= 4 is 17.3 Å². The average Bonchev–Trinajstić information content (AvgIpc) is 2.23. The molecule has 5 heteroatoms. The molecule has 14 heavy (non-hydrogen) atoms. The highest BCUT2D eigenvalue weighted by Crippen LogP contribution is 2.18. The molecule has 0 aliphatic carbocycles. The molecule has 0 radical (unpaired) electrons. The Morgan fingerprint density at radius 3 is 2.64 bits per heavy atom. The van der Waals surface area contributed by atoms with Gasteiger partial charge in [-0.05, 0) is 12.1 Å². The smallest absolute Gasteiger partial charge is 0.227 e. The van der Waals surface area contributed by atoms with Gasteiger partial charge in [0.15, 0.2) is 0 Å². The van der Waals surface area contributed by atoms with Gasteiger partial charge in [0, 0.05) is 18.6 Å². The van der Waals surface area contributed by atoms with Crippen molar-refractivity contribution in [3.63, 3.8) is 0 Å². The van der Waals surface area contributed by atoms with Crippen LogP contribution < -0.4 is 11.1 Å². The number of nitrogen functional groups attached to an aromatic ring is 1. The van der Waals surface area contributed by atoms with Gasteiger partial charge in [0.2, 0.25) is 5.95 Å². The van der Waals surface area contributed by atoms with E-state index in [0.29, 0.717) is 11.6 Å². The van der Waals surface area contributed by atoms with Gasteiger partial charge in [-0.15, -0.1) is 0 Å². The van der Waals surface area contributed by atoms with E-state index < -0.39 is 0 Å². The van der Waals surface area contributed by atoms with Crippen molar-refractivity contribution in [2.45, 2.75) is 0 Å². The largest absolute Gasteiger partial charge is 0.396 e. The van der Waals surface area contributed by atoms with Gasteiger partial charge in [-0.2, -0.15) is 0 Å². The quantitative estimate of drug-likeness (QED) is 0.738. The normalized spacial score (nSPS) is 9.71. The number of rotatable bonds is 2. The second-order valence-corrected chi connectivity index (χ2v) is 2.66. The summed E-state index contributed by atoms with van der Waals surface area (Å²) in [5.41, 5.74) is 7.01. The maximum atomic E-state index is 5.69. The van der Waals surface area contributed by atoms with E-state index in [1.165, 1.54) is 0 Å². The second kappa shape index (κ2) is 3.69. The van der Waals surface area contributed by atoms with E-state index >= 15 is 0 Å². The fourth-order valence-corrected chi connectivity index (χ4v) is 1.00. The number of pyridine rings is 1. The summed E-state index contributed by atoms with van der Waals surface area (Å²) >= 11 is 0. The van der Waals surface area contributed by atoms with E-state index in [9.17, 15) is 0 Å². The van der Waals surface area contributed by atoms with Crippen molar-refractivity contribution in [2.75, 3.05) is 11.1 Å². The number of hydrogen-bond acceptors (Lipinski definition) is 5. The van der Waals surface area contributed by atoms with Crippen LogP contribution in [0.4, 0.5) is 17.3 Å². The van der Waals surface area contributed by atoms with Crippen LogP contribution in [0.1, 0.15) is 0 Å². The Labute approximate surface area is 81.0 Å². The zero-order chi connectivity index (χ0) is 9.80. The number of nitrogens with two attached hydrogens (primary N) is 1. The van der Waals surface area contributed by atoms with Crippen molar-refractivity contribution < 1.29 is 0 Å². The van der Waals surface area contributed by atoms with Crippen molar-refractivity contribution in [1.82, 2.24) is 15.0 Å². The minimum atomic E-state index is 0.519. The maximum Gasteiger partial charge on any atom is 0.227 e. The lowest BCUT2D eigenvalue weighted by atomic mass is 10.3. The van der Waals surface area contributed by atoms with Crippen molar-refractivity contribution in [2.24, 2.45) is 0 Å². The molecule has 0 aromatic carbocycles. The summed E-state index contributed by atoms with van der Waals surface area (Å²) in [5.74, 6) is 0.519. The number of nitrogens with zero attached hydrogens (tertiary/aromatic N) is 3. The number of nitrogens with one attached hydrogen (secondary N) is 1. The van der Waals surface area contributed by atoms with E-state index in [1.807, 2.05) is 0 Å². The van der Waals surface area contributed by atoms with Gasteiger partial charge in [-0.1, -0.05) is 0 Å². The van der Waals surface area contributed by atoms with Crippen molar-refractivity contribution in [3.05, 3.63) is 36.9 Å². The number of anilines is 3. The molecular weight excluding hydrogens is 178 g/mol. The first kappa shape index (κ1) is 8.43. The molecule has 0 spiro atoms. The lowest BCUT2D eigenvalue weighted by molar-refractivity contribution is 1.16. The fraction of sp³-hybridized carbons (Fsp3) is 0. The SMILES string of the molecule is Nc1cnccc1Nc1ncccn1. The highest BCUT2D eigenvalue weighted by atomic mass is 15.1. The molecule has 2 aromatic rings. The van der Waals surface area contributed by atoms with Gasteiger partial charge in [-0.3, -0.25) is 4.98 Å². The average molecular weight is 187 g/mol. The number of aromatic nitrogens is 3. The summed E-state index contributed by atoms with van der Waals surface area (Å²) in [4.78, 5) is 11.9. The minimum Gasteiger partial charge on any atom is -0.396 e. The van der Waals surface area contributed by atoms with Gasteiger partial charge in [0.1, 0.15) is 0 Å². The molecule has 2 heterocycles. The summed E-state index contributed by atoms with van der Waals surface area (Å²) in [5, 5.41) is 2.98. The van der Waals surface area contributed by atoms with Crippen LogP contribution in [0.2, 0.25) is 0 Å². The van der Waals surface area contributed by atoms with E-state index in [0.717, 1.165) is 5.69 Å². The number of hydrogen-bond donors (Lipinski definition) is 2. The molecule has 0 unspecified atom stereocenters. The van der Waals surface area contributed by atoms with Crippen molar-refractivity contribution in [3.8, 4) is 0 Å². The zero-order valence-electron chi connectivity index (χ0n) is 7.38. The molecular formula is C9H9N5. The second-order valence-electron chi connectivity index (χ2n) is 2.66. The molecule has 2 rings (SSSR count). The predicted molar refractivity (Wildman–Crippen MR) is 54.0 cm³/mol. The van der Waals surface area contributed by atoms with Crippen LogP contribution in [0.25, 0.3) is 0 Å². The van der Waals surface area contributed by atoms with Crippen LogP contribution in [0, 0.1) is 0 Å². The van der Waals surface area contributed by atoms with Gasteiger partial charge >= 0.3 is 0 Å². The summed E-state index contributed by atoms with van der Waals surface area (Å²) in [6, 6.07) is 3.52. The highest BCUT2D eigenvalue weighted by molar-refractivity contribution is 5.68. The molecule has 0 aliphatic rings. The third-order valence-electron chi connectivity index (χ3n) is 1.66. The fourth-order valence-electron chi connectivity index (χ4n) is 1.00. The molecule has 5 nitrogen and oxygen atoms in total.